The molecular weight excluding hydrogens is 326 g/mol. The van der Waals surface area contributed by atoms with Crippen molar-refractivity contribution in [3.63, 3.8) is 0 Å². The highest BCUT2D eigenvalue weighted by molar-refractivity contribution is 8.00. The molecule has 1 aliphatic rings. The van der Waals surface area contributed by atoms with Crippen LogP contribution in [0.3, 0.4) is 0 Å². The second-order valence-electron chi connectivity index (χ2n) is 5.88. The van der Waals surface area contributed by atoms with Crippen LogP contribution in [0.25, 0.3) is 5.69 Å². The van der Waals surface area contributed by atoms with Crippen LogP contribution >= 0.6 is 11.8 Å². The van der Waals surface area contributed by atoms with Gasteiger partial charge in [-0.2, -0.15) is 5.10 Å². The Balaban J connectivity index is 1.97. The van der Waals surface area contributed by atoms with Crippen molar-refractivity contribution in [3.05, 3.63) is 47.3 Å². The molecule has 128 valence electrons. The number of carbonyl (C=O) groups is 1. The lowest BCUT2D eigenvalue weighted by Gasteiger charge is -2.26. The summed E-state index contributed by atoms with van der Waals surface area (Å²) in [6, 6.07) is 9.86. The molecule has 1 unspecified atom stereocenters. The summed E-state index contributed by atoms with van der Waals surface area (Å²) in [6.45, 7) is 3.70. The van der Waals surface area contributed by atoms with Crippen LogP contribution in [0, 0.1) is 13.8 Å². The van der Waals surface area contributed by atoms with Gasteiger partial charge in [0.15, 0.2) is 0 Å². The third-order valence-electron chi connectivity index (χ3n) is 4.18. The fourth-order valence-corrected chi connectivity index (χ4v) is 4.37. The van der Waals surface area contributed by atoms with Crippen molar-refractivity contribution in [3.8, 4) is 5.69 Å². The summed E-state index contributed by atoms with van der Waals surface area (Å²) >= 11 is 1.53. The molecule has 3 rings (SSSR count). The van der Waals surface area contributed by atoms with E-state index in [2.05, 4.69) is 5.10 Å². The van der Waals surface area contributed by atoms with E-state index in [1.807, 2.05) is 48.9 Å². The number of carbonyl (C=O) groups excluding carboxylic acids is 1. The number of hydrogen-bond donors (Lipinski definition) is 2. The number of aliphatic hydroxyl groups is 2. The van der Waals surface area contributed by atoms with Crippen molar-refractivity contribution >= 4 is 17.7 Å². The molecule has 1 saturated heterocycles. The number of rotatable bonds is 5. The summed E-state index contributed by atoms with van der Waals surface area (Å²) in [6.07, 6.45) is -0.931. The zero-order valence-electron chi connectivity index (χ0n) is 13.7. The number of β-amino-alcohol motifs (C(OH)–C–C–N with tert-alkyl or cyclic N) is 1. The monoisotopic (exact) mass is 347 g/mol. The Morgan fingerprint density at radius 2 is 2.04 bits per heavy atom. The molecule has 24 heavy (non-hydrogen) atoms. The van der Waals surface area contributed by atoms with Gasteiger partial charge in [0.1, 0.15) is 5.37 Å². The van der Waals surface area contributed by atoms with E-state index in [1.165, 1.54) is 11.8 Å². The summed E-state index contributed by atoms with van der Waals surface area (Å²) in [4.78, 5) is 13.8. The van der Waals surface area contributed by atoms with Crippen LogP contribution < -0.4 is 0 Å². The maximum Gasteiger partial charge on any atom is 0.233 e. The zero-order chi connectivity index (χ0) is 17.3. The molecular formula is C17H21N3O3S. The van der Waals surface area contributed by atoms with Crippen molar-refractivity contribution < 1.29 is 15.0 Å². The van der Waals surface area contributed by atoms with Gasteiger partial charge in [-0.15, -0.1) is 11.8 Å². The summed E-state index contributed by atoms with van der Waals surface area (Å²) < 4.78 is 1.88. The molecule has 0 bridgehead atoms. The molecule has 0 spiro atoms. The van der Waals surface area contributed by atoms with Crippen LogP contribution in [0.1, 0.15) is 22.3 Å². The topological polar surface area (TPSA) is 78.6 Å². The highest BCUT2D eigenvalue weighted by Crippen LogP contribution is 2.41. The predicted octanol–water partition coefficient (Wildman–Crippen LogP) is 1.42. The van der Waals surface area contributed by atoms with Gasteiger partial charge < -0.3 is 15.1 Å². The van der Waals surface area contributed by atoms with E-state index in [4.69, 9.17) is 5.11 Å². The van der Waals surface area contributed by atoms with Gasteiger partial charge in [-0.25, -0.2) is 4.68 Å². The Labute approximate surface area is 145 Å². The van der Waals surface area contributed by atoms with Gasteiger partial charge in [-0.05, 0) is 26.0 Å². The first-order chi connectivity index (χ1) is 11.5. The first-order valence-electron chi connectivity index (χ1n) is 7.84. The molecule has 7 heteroatoms. The Morgan fingerprint density at radius 1 is 1.33 bits per heavy atom. The van der Waals surface area contributed by atoms with E-state index in [0.29, 0.717) is 5.75 Å². The molecule has 1 fully saturated rings. The number of thioether (sulfide) groups is 1. The molecule has 0 radical (unpaired) electrons. The molecule has 1 aromatic carbocycles. The Kier molecular flexibility index (Phi) is 4.93. The quantitative estimate of drug-likeness (QED) is 0.855. The molecule has 2 aromatic rings. The van der Waals surface area contributed by atoms with Gasteiger partial charge in [0, 0.05) is 11.3 Å². The van der Waals surface area contributed by atoms with Crippen LogP contribution in [-0.2, 0) is 4.79 Å². The largest absolute Gasteiger partial charge is 0.394 e. The standard InChI is InChI=1S/C17H21N3O3S/c1-11-16(12(2)20(18-11)13-6-4-3-5-7-13)17-19(8-14(22)9-21)15(23)10-24-17/h3-7,14,17,21-22H,8-10H2,1-2H3/t14-,17?/m0/s1. The molecule has 0 aliphatic carbocycles. The van der Waals surface area contributed by atoms with Gasteiger partial charge in [0.05, 0.1) is 36.4 Å². The third kappa shape index (κ3) is 3.07. The van der Waals surface area contributed by atoms with Crippen molar-refractivity contribution in [2.24, 2.45) is 0 Å². The van der Waals surface area contributed by atoms with E-state index in [-0.39, 0.29) is 24.4 Å². The van der Waals surface area contributed by atoms with Crippen molar-refractivity contribution in [1.29, 1.82) is 0 Å². The van der Waals surface area contributed by atoms with Crippen LogP contribution in [0.15, 0.2) is 30.3 Å². The first kappa shape index (κ1) is 17.0. The van der Waals surface area contributed by atoms with Gasteiger partial charge in [0.2, 0.25) is 5.91 Å². The van der Waals surface area contributed by atoms with E-state index in [1.54, 1.807) is 4.90 Å². The lowest BCUT2D eigenvalue weighted by molar-refractivity contribution is -0.129. The highest BCUT2D eigenvalue weighted by Gasteiger charge is 2.37. The van der Waals surface area contributed by atoms with Gasteiger partial charge >= 0.3 is 0 Å². The van der Waals surface area contributed by atoms with Crippen LogP contribution in [-0.4, -0.2) is 55.8 Å². The molecule has 2 heterocycles. The number of aryl methyl sites for hydroxylation is 1. The lowest BCUT2D eigenvalue weighted by Crippen LogP contribution is -2.37. The average Bonchev–Trinajstić information content (AvgIpc) is 3.08. The van der Waals surface area contributed by atoms with Gasteiger partial charge in [-0.1, -0.05) is 18.2 Å². The number of benzene rings is 1. The number of aliphatic hydroxyl groups excluding tert-OH is 2. The number of hydrogen-bond acceptors (Lipinski definition) is 5. The normalized spacial score (nSPS) is 19.1. The predicted molar refractivity (Wildman–Crippen MR) is 93.0 cm³/mol. The Morgan fingerprint density at radius 3 is 2.71 bits per heavy atom. The minimum Gasteiger partial charge on any atom is -0.394 e. The maximum atomic E-state index is 12.2. The highest BCUT2D eigenvalue weighted by atomic mass is 32.2. The fraction of sp³-hybridized carbons (Fsp3) is 0.412. The molecule has 2 atom stereocenters. The van der Waals surface area contributed by atoms with E-state index >= 15 is 0 Å². The van der Waals surface area contributed by atoms with E-state index in [0.717, 1.165) is 22.6 Å². The van der Waals surface area contributed by atoms with Crippen molar-refractivity contribution in [2.75, 3.05) is 18.9 Å². The smallest absolute Gasteiger partial charge is 0.233 e. The minimum absolute atomic E-state index is 0.0243. The number of nitrogens with zero attached hydrogens (tertiary/aromatic N) is 3. The Bertz CT molecular complexity index is 732. The van der Waals surface area contributed by atoms with Crippen LogP contribution in [0.2, 0.25) is 0 Å². The summed E-state index contributed by atoms with van der Waals surface area (Å²) in [5, 5.41) is 23.3. The zero-order valence-corrected chi connectivity index (χ0v) is 14.5. The molecule has 1 aromatic heterocycles. The minimum atomic E-state index is -0.931. The van der Waals surface area contributed by atoms with Crippen molar-refractivity contribution in [1.82, 2.24) is 14.7 Å². The average molecular weight is 347 g/mol. The SMILES string of the molecule is Cc1nn(-c2ccccc2)c(C)c1C1SCC(=O)N1C[C@H](O)CO. The number of para-hydroxylation sites is 1. The Hall–Kier alpha value is -1.83. The van der Waals surface area contributed by atoms with E-state index in [9.17, 15) is 9.90 Å². The molecule has 1 amide bonds. The van der Waals surface area contributed by atoms with Gasteiger partial charge in [0.25, 0.3) is 0 Å². The first-order valence-corrected chi connectivity index (χ1v) is 8.89. The second kappa shape index (κ2) is 6.96. The summed E-state index contributed by atoms with van der Waals surface area (Å²) in [7, 11) is 0. The van der Waals surface area contributed by atoms with Crippen LogP contribution in [0.4, 0.5) is 0 Å². The van der Waals surface area contributed by atoms with Gasteiger partial charge in [-0.3, -0.25) is 4.79 Å². The number of amides is 1. The number of aromatic nitrogens is 2. The lowest BCUT2D eigenvalue weighted by atomic mass is 10.1. The summed E-state index contributed by atoms with van der Waals surface area (Å²) in [5.74, 6) is 0.349. The molecule has 2 N–H and O–H groups in total. The fourth-order valence-electron chi connectivity index (χ4n) is 3.01. The van der Waals surface area contributed by atoms with E-state index < -0.39 is 6.10 Å². The third-order valence-corrected chi connectivity index (χ3v) is 5.40. The molecule has 1 aliphatic heterocycles. The maximum absolute atomic E-state index is 12.2. The summed E-state index contributed by atoms with van der Waals surface area (Å²) in [5.41, 5.74) is 3.82. The van der Waals surface area contributed by atoms with Crippen LogP contribution in [0.5, 0.6) is 0 Å². The second-order valence-corrected chi connectivity index (χ2v) is 6.95. The molecule has 6 nitrogen and oxygen atoms in total. The van der Waals surface area contributed by atoms with Crippen molar-refractivity contribution in [2.45, 2.75) is 25.3 Å². The molecule has 0 saturated carbocycles.